The highest BCUT2D eigenvalue weighted by atomic mass is 16.2. The van der Waals surface area contributed by atoms with Crippen molar-refractivity contribution in [3.05, 3.63) is 53.9 Å². The molecule has 0 saturated carbocycles. The van der Waals surface area contributed by atoms with Crippen LogP contribution >= 0.6 is 0 Å². The van der Waals surface area contributed by atoms with Gasteiger partial charge >= 0.3 is 6.03 Å². The maximum absolute atomic E-state index is 12.4. The number of benzene rings is 1. The fraction of sp³-hybridized carbons (Fsp3) is 0.389. The van der Waals surface area contributed by atoms with Crippen LogP contribution in [0.1, 0.15) is 24.0 Å². The molecule has 2 aromatic rings. The van der Waals surface area contributed by atoms with Crippen LogP contribution in [-0.4, -0.2) is 39.7 Å². The molecule has 1 aliphatic heterocycles. The molecule has 3 amide bonds. The molecule has 3 rings (SSSR count). The number of primary amides is 1. The van der Waals surface area contributed by atoms with Gasteiger partial charge in [-0.3, -0.25) is 9.48 Å². The molecule has 0 atom stereocenters. The Hall–Kier alpha value is -2.83. The number of carbonyl (C=O) groups is 2. The molecule has 1 aliphatic rings. The number of nitrogens with two attached hydrogens (primary N) is 1. The number of carbonyl (C=O) groups excluding carboxylic acids is 2. The van der Waals surface area contributed by atoms with Crippen molar-refractivity contribution < 1.29 is 9.59 Å². The molecule has 0 aliphatic carbocycles. The van der Waals surface area contributed by atoms with E-state index in [0.717, 1.165) is 11.1 Å². The lowest BCUT2D eigenvalue weighted by Crippen LogP contribution is -2.45. The van der Waals surface area contributed by atoms with Crippen molar-refractivity contribution in [1.82, 2.24) is 20.0 Å². The molecular formula is C18H23N5O2. The Bertz CT molecular complexity index is 721. The van der Waals surface area contributed by atoms with Crippen LogP contribution in [0.4, 0.5) is 4.79 Å². The minimum atomic E-state index is -0.411. The molecule has 132 valence electrons. The summed E-state index contributed by atoms with van der Waals surface area (Å²) in [4.78, 5) is 25.1. The average Bonchev–Trinajstić information content (AvgIpc) is 3.14. The second kappa shape index (κ2) is 7.83. The maximum Gasteiger partial charge on any atom is 0.314 e. The van der Waals surface area contributed by atoms with Crippen molar-refractivity contribution in [3.63, 3.8) is 0 Å². The van der Waals surface area contributed by atoms with Crippen molar-refractivity contribution >= 4 is 11.9 Å². The fourth-order valence-electron chi connectivity index (χ4n) is 3.14. The highest BCUT2D eigenvalue weighted by Gasteiger charge is 2.26. The lowest BCUT2D eigenvalue weighted by molar-refractivity contribution is -0.126. The standard InChI is InChI=1S/C18H23N5O2/c19-18(25)22-10-6-14(7-11-22)17(24)20-12-15-4-1-2-5-16(15)13-23-9-3-8-21-23/h1-5,8-9,14H,6-7,10-13H2,(H2,19,25)(H,20,24). The lowest BCUT2D eigenvalue weighted by Gasteiger charge is -2.30. The second-order valence-corrected chi connectivity index (χ2v) is 6.29. The van der Waals surface area contributed by atoms with Crippen LogP contribution in [0.2, 0.25) is 0 Å². The molecule has 0 radical (unpaired) electrons. The molecule has 1 fully saturated rings. The first-order valence-electron chi connectivity index (χ1n) is 8.50. The van der Waals surface area contributed by atoms with Gasteiger partial charge in [0.05, 0.1) is 6.54 Å². The third-order valence-electron chi connectivity index (χ3n) is 4.64. The van der Waals surface area contributed by atoms with E-state index in [9.17, 15) is 9.59 Å². The van der Waals surface area contributed by atoms with E-state index in [1.165, 1.54) is 0 Å². The minimum Gasteiger partial charge on any atom is -0.352 e. The predicted molar refractivity (Wildman–Crippen MR) is 93.5 cm³/mol. The molecule has 1 aromatic heterocycles. The summed E-state index contributed by atoms with van der Waals surface area (Å²) >= 11 is 0. The molecule has 0 unspecified atom stereocenters. The number of piperidine rings is 1. The van der Waals surface area contributed by atoms with Gasteiger partial charge in [0.1, 0.15) is 0 Å². The first-order chi connectivity index (χ1) is 12.1. The van der Waals surface area contributed by atoms with Crippen molar-refractivity contribution in [2.75, 3.05) is 13.1 Å². The smallest absolute Gasteiger partial charge is 0.314 e. The predicted octanol–water partition coefficient (Wildman–Crippen LogP) is 1.34. The number of hydrogen-bond donors (Lipinski definition) is 2. The van der Waals surface area contributed by atoms with Gasteiger partial charge in [-0.15, -0.1) is 0 Å². The first-order valence-corrected chi connectivity index (χ1v) is 8.50. The van der Waals surface area contributed by atoms with Crippen LogP contribution in [-0.2, 0) is 17.9 Å². The highest BCUT2D eigenvalue weighted by molar-refractivity contribution is 5.79. The number of aromatic nitrogens is 2. The SMILES string of the molecule is NC(=O)N1CCC(C(=O)NCc2ccccc2Cn2cccn2)CC1. The van der Waals surface area contributed by atoms with Crippen LogP contribution in [0, 0.1) is 5.92 Å². The Kier molecular flexibility index (Phi) is 5.33. The molecular weight excluding hydrogens is 318 g/mol. The fourth-order valence-corrected chi connectivity index (χ4v) is 3.14. The van der Waals surface area contributed by atoms with Gasteiger partial charge in [-0.05, 0) is 30.0 Å². The van der Waals surface area contributed by atoms with Gasteiger partial charge in [-0.25, -0.2) is 4.79 Å². The van der Waals surface area contributed by atoms with Crippen LogP contribution in [0.25, 0.3) is 0 Å². The zero-order valence-corrected chi connectivity index (χ0v) is 14.1. The van der Waals surface area contributed by atoms with Crippen LogP contribution in [0.3, 0.4) is 0 Å². The molecule has 0 spiro atoms. The number of amides is 3. The summed E-state index contributed by atoms with van der Waals surface area (Å²) in [5, 5.41) is 7.26. The van der Waals surface area contributed by atoms with Gasteiger partial charge in [0.2, 0.25) is 5.91 Å². The molecule has 2 heterocycles. The summed E-state index contributed by atoms with van der Waals surface area (Å²) in [5.74, 6) is -0.0214. The number of rotatable bonds is 5. The van der Waals surface area contributed by atoms with E-state index in [4.69, 9.17) is 5.73 Å². The van der Waals surface area contributed by atoms with Crippen LogP contribution in [0.5, 0.6) is 0 Å². The topological polar surface area (TPSA) is 93.3 Å². The van der Waals surface area contributed by atoms with E-state index in [-0.39, 0.29) is 11.8 Å². The van der Waals surface area contributed by atoms with Gasteiger partial charge < -0.3 is 16.0 Å². The summed E-state index contributed by atoms with van der Waals surface area (Å²) in [5.41, 5.74) is 7.49. The summed E-state index contributed by atoms with van der Waals surface area (Å²) in [6.07, 6.45) is 4.98. The van der Waals surface area contributed by atoms with E-state index < -0.39 is 6.03 Å². The van der Waals surface area contributed by atoms with Crippen molar-refractivity contribution in [2.45, 2.75) is 25.9 Å². The number of nitrogens with one attached hydrogen (secondary N) is 1. The summed E-state index contributed by atoms with van der Waals surface area (Å²) < 4.78 is 1.86. The monoisotopic (exact) mass is 341 g/mol. The Morgan fingerprint density at radius 1 is 1.16 bits per heavy atom. The van der Waals surface area contributed by atoms with Crippen LogP contribution < -0.4 is 11.1 Å². The quantitative estimate of drug-likeness (QED) is 0.859. The van der Waals surface area contributed by atoms with Gasteiger partial charge in [-0.1, -0.05) is 24.3 Å². The largest absolute Gasteiger partial charge is 0.352 e. The van der Waals surface area contributed by atoms with E-state index in [0.29, 0.717) is 39.0 Å². The Balaban J connectivity index is 1.55. The number of nitrogens with zero attached hydrogens (tertiary/aromatic N) is 3. The molecule has 3 N–H and O–H groups in total. The van der Waals surface area contributed by atoms with Gasteiger partial charge in [-0.2, -0.15) is 5.10 Å². The Morgan fingerprint density at radius 3 is 2.52 bits per heavy atom. The average molecular weight is 341 g/mol. The van der Waals surface area contributed by atoms with Crippen LogP contribution in [0.15, 0.2) is 42.7 Å². The number of urea groups is 1. The number of hydrogen-bond acceptors (Lipinski definition) is 3. The lowest BCUT2D eigenvalue weighted by atomic mass is 9.96. The summed E-state index contributed by atoms with van der Waals surface area (Å²) in [7, 11) is 0. The molecule has 7 nitrogen and oxygen atoms in total. The van der Waals surface area contributed by atoms with Gasteiger partial charge in [0, 0.05) is 37.9 Å². The van der Waals surface area contributed by atoms with E-state index in [1.54, 1.807) is 11.1 Å². The Morgan fingerprint density at radius 2 is 1.88 bits per heavy atom. The van der Waals surface area contributed by atoms with Gasteiger partial charge in [0.15, 0.2) is 0 Å². The highest BCUT2D eigenvalue weighted by Crippen LogP contribution is 2.18. The number of likely N-dealkylation sites (tertiary alicyclic amines) is 1. The summed E-state index contributed by atoms with van der Waals surface area (Å²) in [6.45, 7) is 2.26. The molecule has 0 bridgehead atoms. The first kappa shape index (κ1) is 17.0. The summed E-state index contributed by atoms with van der Waals surface area (Å²) in [6, 6.07) is 9.52. The Labute approximate surface area is 146 Å². The van der Waals surface area contributed by atoms with Crippen molar-refractivity contribution in [2.24, 2.45) is 11.7 Å². The molecule has 1 aromatic carbocycles. The normalized spacial score (nSPS) is 15.1. The van der Waals surface area contributed by atoms with Gasteiger partial charge in [0.25, 0.3) is 0 Å². The zero-order valence-electron chi connectivity index (χ0n) is 14.1. The third kappa shape index (κ3) is 4.37. The molecule has 7 heteroatoms. The van der Waals surface area contributed by atoms with Crippen molar-refractivity contribution in [1.29, 1.82) is 0 Å². The second-order valence-electron chi connectivity index (χ2n) is 6.29. The third-order valence-corrected chi connectivity index (χ3v) is 4.64. The molecule has 1 saturated heterocycles. The van der Waals surface area contributed by atoms with E-state index >= 15 is 0 Å². The van der Waals surface area contributed by atoms with E-state index in [2.05, 4.69) is 16.5 Å². The zero-order chi connectivity index (χ0) is 17.6. The van der Waals surface area contributed by atoms with Crippen molar-refractivity contribution in [3.8, 4) is 0 Å². The maximum atomic E-state index is 12.4. The van der Waals surface area contributed by atoms with E-state index in [1.807, 2.05) is 35.1 Å². The minimum absolute atomic E-state index is 0.0398. The molecule has 25 heavy (non-hydrogen) atoms.